The molecule has 2 heterocycles. The van der Waals surface area contributed by atoms with Gasteiger partial charge in [-0.25, -0.2) is 26.6 Å². The van der Waals surface area contributed by atoms with Crippen LogP contribution in [0.3, 0.4) is 0 Å². The van der Waals surface area contributed by atoms with Crippen LogP contribution in [-0.4, -0.2) is 58.9 Å². The molecule has 0 spiro atoms. The molecular formula is C36H31F3N4O6S. The van der Waals surface area contributed by atoms with Gasteiger partial charge in [-0.3, -0.25) is 9.10 Å². The number of nitrogens with zero attached hydrogens (tertiary/aromatic N) is 2. The fourth-order valence-electron chi connectivity index (χ4n) is 6.13. The monoisotopic (exact) mass is 704 g/mol. The average molecular weight is 705 g/mol. The fourth-order valence-corrected chi connectivity index (χ4v) is 7.12. The first-order chi connectivity index (χ1) is 23.8. The van der Waals surface area contributed by atoms with Crippen molar-refractivity contribution in [2.45, 2.75) is 18.4 Å². The number of halogens is 3. The lowest BCUT2D eigenvalue weighted by Gasteiger charge is -2.29. The van der Waals surface area contributed by atoms with Gasteiger partial charge in [0, 0.05) is 47.3 Å². The molecule has 10 nitrogen and oxygen atoms in total. The number of carbonyl (C=O) groups excluding carboxylic acids is 1. The number of carbonyl (C=O) groups is 1. The molecule has 2 N–H and O–H groups in total. The van der Waals surface area contributed by atoms with Gasteiger partial charge in [0.2, 0.25) is 15.9 Å². The van der Waals surface area contributed by atoms with Crippen LogP contribution < -0.4 is 19.7 Å². The number of rotatable bonds is 10. The van der Waals surface area contributed by atoms with Crippen molar-refractivity contribution in [2.24, 2.45) is 0 Å². The summed E-state index contributed by atoms with van der Waals surface area (Å²) < 4.78 is 88.6. The first-order valence-electron chi connectivity index (χ1n) is 15.5. The van der Waals surface area contributed by atoms with Crippen LogP contribution in [0.15, 0.2) is 75.6 Å². The van der Waals surface area contributed by atoms with Crippen LogP contribution in [0.25, 0.3) is 56.0 Å². The van der Waals surface area contributed by atoms with Crippen molar-refractivity contribution in [1.29, 1.82) is 0 Å². The van der Waals surface area contributed by atoms with E-state index >= 15 is 0 Å². The molecule has 2 aromatic heterocycles. The van der Waals surface area contributed by atoms with E-state index in [-0.39, 0.29) is 51.7 Å². The zero-order valence-corrected chi connectivity index (χ0v) is 28.2. The number of hydrogen-bond donors (Lipinski definition) is 2. The first-order valence-corrected chi connectivity index (χ1v) is 17.4. The molecule has 14 heteroatoms. The summed E-state index contributed by atoms with van der Waals surface area (Å²) in [6, 6.07) is 15.4. The molecule has 6 aromatic rings. The Balaban J connectivity index is 1.51. The van der Waals surface area contributed by atoms with Crippen LogP contribution in [0.2, 0.25) is 0 Å². The van der Waals surface area contributed by atoms with Gasteiger partial charge in [-0.1, -0.05) is 6.07 Å². The number of oxazole rings is 1. The van der Waals surface area contributed by atoms with Crippen molar-refractivity contribution >= 4 is 43.7 Å². The Bertz CT molecular complexity index is 2420. The molecule has 50 heavy (non-hydrogen) atoms. The predicted octanol–water partition coefficient (Wildman–Crippen LogP) is 6.88. The van der Waals surface area contributed by atoms with Crippen LogP contribution in [0, 0.1) is 17.5 Å². The number of fused-ring (bicyclic) bond motifs is 2. The number of nitrogens with one attached hydrogen (secondary N) is 2. The van der Waals surface area contributed by atoms with E-state index in [0.717, 1.165) is 25.2 Å². The second kappa shape index (κ2) is 12.2. The highest BCUT2D eigenvalue weighted by Gasteiger charge is 2.45. The molecule has 7 rings (SSSR count). The Labute approximate surface area is 284 Å². The molecule has 0 bridgehead atoms. The second-order valence-electron chi connectivity index (χ2n) is 12.2. The molecule has 258 valence electrons. The smallest absolute Gasteiger partial charge is 0.255 e. The summed E-state index contributed by atoms with van der Waals surface area (Å²) in [4.78, 5) is 17.7. The number of sulfonamides is 1. The van der Waals surface area contributed by atoms with Crippen molar-refractivity contribution in [3.63, 3.8) is 0 Å². The summed E-state index contributed by atoms with van der Waals surface area (Å²) in [7, 11) is 0.764. The molecule has 0 atom stereocenters. The van der Waals surface area contributed by atoms with Crippen LogP contribution in [0.4, 0.5) is 18.9 Å². The quantitative estimate of drug-likeness (QED) is 0.158. The van der Waals surface area contributed by atoms with Gasteiger partial charge in [0.15, 0.2) is 11.4 Å². The van der Waals surface area contributed by atoms with Gasteiger partial charge < -0.3 is 24.2 Å². The molecule has 0 saturated heterocycles. The number of benzene rings is 4. The normalized spacial score (nSPS) is 13.9. The van der Waals surface area contributed by atoms with E-state index in [2.05, 4.69) is 15.6 Å². The Kier molecular flexibility index (Phi) is 8.10. The average Bonchev–Trinajstić information content (AvgIpc) is 3.58. The van der Waals surface area contributed by atoms with E-state index in [0.29, 0.717) is 33.9 Å². The number of likely N-dealkylation sites (N-methyl/N-ethyl adjacent to an activating group) is 1. The molecule has 0 radical (unpaired) electrons. The number of furan rings is 1. The zero-order valence-electron chi connectivity index (χ0n) is 27.4. The van der Waals surface area contributed by atoms with Gasteiger partial charge in [-0.15, -0.1) is 0 Å². The molecule has 1 amide bonds. The third kappa shape index (κ3) is 5.83. The summed E-state index contributed by atoms with van der Waals surface area (Å²) in [5, 5.41) is 6.24. The minimum Gasteiger partial charge on any atom is -0.496 e. The van der Waals surface area contributed by atoms with Gasteiger partial charge >= 0.3 is 0 Å². The number of anilines is 1. The lowest BCUT2D eigenvalue weighted by molar-refractivity contribution is 0.0964. The molecule has 4 aromatic carbocycles. The maximum absolute atomic E-state index is 14.6. The van der Waals surface area contributed by atoms with Gasteiger partial charge in [-0.05, 0) is 67.9 Å². The van der Waals surface area contributed by atoms with Crippen molar-refractivity contribution in [3.05, 3.63) is 89.7 Å². The number of ether oxygens (including phenoxy) is 1. The van der Waals surface area contributed by atoms with E-state index in [9.17, 15) is 26.4 Å². The topological polar surface area (TPSA) is 127 Å². The van der Waals surface area contributed by atoms with Gasteiger partial charge in [0.05, 0.1) is 36.7 Å². The van der Waals surface area contributed by atoms with Crippen LogP contribution in [-0.2, 0) is 10.0 Å². The van der Waals surface area contributed by atoms with Crippen LogP contribution in [0.5, 0.6) is 5.75 Å². The molecule has 1 aliphatic rings. The Morgan fingerprint density at radius 3 is 2.28 bits per heavy atom. The van der Waals surface area contributed by atoms with E-state index in [1.54, 1.807) is 37.4 Å². The van der Waals surface area contributed by atoms with Crippen molar-refractivity contribution in [1.82, 2.24) is 15.6 Å². The van der Waals surface area contributed by atoms with Crippen molar-refractivity contribution in [2.75, 3.05) is 38.3 Å². The van der Waals surface area contributed by atoms with Crippen molar-refractivity contribution < 1.29 is 40.0 Å². The molecule has 0 unspecified atom stereocenters. The van der Waals surface area contributed by atoms with Gasteiger partial charge in [0.1, 0.15) is 34.2 Å². The van der Waals surface area contributed by atoms with Gasteiger partial charge in [-0.2, -0.15) is 0 Å². The third-order valence-corrected chi connectivity index (χ3v) is 10.1. The molecule has 1 aliphatic carbocycles. The summed E-state index contributed by atoms with van der Waals surface area (Å²) in [6.45, 7) is 0.105. The highest BCUT2D eigenvalue weighted by Crippen LogP contribution is 2.46. The standard InChI is InChI=1S/C36H31F3N4O6S/c1-40-34(44)31-24-16-23(20-7-10-28(47-3)25(13-20)35-42-32-26(39)14-22(38)15-30(32)49-35)27(43(50(4,45)46)18-36(41-2)11-12-36)17-29(24)48-33(31)19-5-8-21(37)9-6-19/h5-10,13-17,41H,11-12,18H2,1-4H3,(H,40,44). The summed E-state index contributed by atoms with van der Waals surface area (Å²) in [6.07, 6.45) is 2.62. The molecule has 0 aliphatic heterocycles. The number of amides is 1. The minimum absolute atomic E-state index is 0.0640. The van der Waals surface area contributed by atoms with Gasteiger partial charge in [0.25, 0.3) is 5.91 Å². The zero-order chi connectivity index (χ0) is 35.5. The lowest BCUT2D eigenvalue weighted by atomic mass is 9.96. The lowest BCUT2D eigenvalue weighted by Crippen LogP contribution is -2.44. The summed E-state index contributed by atoms with van der Waals surface area (Å²) >= 11 is 0. The SMILES string of the molecule is CNC(=O)c1c(-c2ccc(F)cc2)oc2cc(N(CC3(NC)CC3)S(C)(=O)=O)c(-c3ccc(OC)c(-c4nc5c(F)cc(F)cc5o4)c3)cc12. The first kappa shape index (κ1) is 33.2. The highest BCUT2D eigenvalue weighted by molar-refractivity contribution is 7.92. The van der Waals surface area contributed by atoms with E-state index in [4.69, 9.17) is 13.6 Å². The largest absolute Gasteiger partial charge is 0.496 e. The Morgan fingerprint density at radius 2 is 1.64 bits per heavy atom. The van der Waals surface area contributed by atoms with E-state index in [1.807, 2.05) is 0 Å². The third-order valence-electron chi connectivity index (χ3n) is 9.02. The molecule has 1 saturated carbocycles. The molecular weight excluding hydrogens is 673 g/mol. The second-order valence-corrected chi connectivity index (χ2v) is 14.1. The van der Waals surface area contributed by atoms with E-state index < -0.39 is 38.9 Å². The van der Waals surface area contributed by atoms with Crippen molar-refractivity contribution in [3.8, 4) is 39.7 Å². The molecule has 1 fully saturated rings. The maximum Gasteiger partial charge on any atom is 0.255 e. The number of aromatic nitrogens is 1. The predicted molar refractivity (Wildman–Crippen MR) is 183 cm³/mol. The maximum atomic E-state index is 14.6. The van der Waals surface area contributed by atoms with E-state index in [1.165, 1.54) is 42.7 Å². The Morgan fingerprint density at radius 1 is 0.920 bits per heavy atom. The number of methoxy groups -OCH3 is 1. The Hall–Kier alpha value is -5.34. The van der Waals surface area contributed by atoms with Crippen LogP contribution in [0.1, 0.15) is 23.2 Å². The fraction of sp³-hybridized carbons (Fsp3) is 0.222. The highest BCUT2D eigenvalue weighted by atomic mass is 32.2. The minimum atomic E-state index is -3.90. The summed E-state index contributed by atoms with van der Waals surface area (Å²) in [5.41, 5.74) is 1.45. The number of hydrogen-bond acceptors (Lipinski definition) is 8. The summed E-state index contributed by atoms with van der Waals surface area (Å²) in [5.74, 6) is -2.29. The van der Waals surface area contributed by atoms with Crippen LogP contribution >= 0.6 is 0 Å².